The molecule has 0 aliphatic rings. The van der Waals surface area contributed by atoms with E-state index in [4.69, 9.17) is 10.2 Å². The second kappa shape index (κ2) is 18.6. The van der Waals surface area contributed by atoms with Crippen molar-refractivity contribution >= 4 is 0 Å². The Kier molecular flexibility index (Phi) is 23.2. The average Bonchev–Trinajstić information content (AvgIpc) is 3.07. The van der Waals surface area contributed by atoms with Crippen LogP contribution in [0.4, 0.5) is 0 Å². The van der Waals surface area contributed by atoms with Crippen LogP contribution in [0.15, 0.2) is 36.5 Å². The predicted molar refractivity (Wildman–Crippen MR) is 72.1 cm³/mol. The molecule has 0 fully saturated rings. The van der Waals surface area contributed by atoms with Gasteiger partial charge in [0.05, 0.1) is 0 Å². The van der Waals surface area contributed by atoms with Crippen molar-refractivity contribution in [2.24, 2.45) is 0 Å². The Morgan fingerprint density at radius 2 is 1.67 bits per heavy atom. The van der Waals surface area contributed by atoms with Crippen molar-refractivity contribution in [2.75, 3.05) is 14.2 Å². The molecule has 0 saturated heterocycles. The zero-order chi connectivity index (χ0) is 13.5. The van der Waals surface area contributed by atoms with Gasteiger partial charge in [-0.25, -0.2) is 24.3 Å². The Balaban J connectivity index is -0.000000189. The molecule has 2 rings (SSSR count). The van der Waals surface area contributed by atoms with Gasteiger partial charge in [0, 0.05) is 14.2 Å². The van der Waals surface area contributed by atoms with Crippen LogP contribution < -0.4 is 0 Å². The van der Waals surface area contributed by atoms with Gasteiger partial charge >= 0.3 is 21.7 Å². The molecule has 3 nitrogen and oxygen atoms in total. The predicted octanol–water partition coefficient (Wildman–Crippen LogP) is 2.31. The molecule has 0 spiro atoms. The first-order chi connectivity index (χ1) is 8.33. The van der Waals surface area contributed by atoms with Gasteiger partial charge in [-0.3, -0.25) is 0 Å². The van der Waals surface area contributed by atoms with E-state index in [9.17, 15) is 0 Å². The van der Waals surface area contributed by atoms with E-state index in [0.29, 0.717) is 0 Å². The van der Waals surface area contributed by atoms with E-state index < -0.39 is 0 Å². The summed E-state index contributed by atoms with van der Waals surface area (Å²) in [5.41, 5.74) is 2.52. The topological polar surface area (TPSA) is 56.2 Å². The number of rotatable bonds is 1. The fourth-order valence-corrected chi connectivity index (χ4v) is 1.02. The normalized spacial score (nSPS) is 7.22. The van der Waals surface area contributed by atoms with Crippen molar-refractivity contribution in [3.8, 4) is 0 Å². The van der Waals surface area contributed by atoms with E-state index in [-0.39, 0.29) is 21.7 Å². The molecule has 0 unspecified atom stereocenters. The largest absolute Gasteiger partial charge is 2.00 e. The third-order valence-corrected chi connectivity index (χ3v) is 1.82. The van der Waals surface area contributed by atoms with Crippen LogP contribution in [0.2, 0.25) is 0 Å². The van der Waals surface area contributed by atoms with Crippen molar-refractivity contribution in [3.05, 3.63) is 53.9 Å². The molecular formula is C14H23NO2Ti. The van der Waals surface area contributed by atoms with E-state index in [1.807, 2.05) is 19.2 Å². The summed E-state index contributed by atoms with van der Waals surface area (Å²) in [6.07, 6.45) is 3.02. The smallest absolute Gasteiger partial charge is 0.459 e. The van der Waals surface area contributed by atoms with Crippen LogP contribution >= 0.6 is 0 Å². The summed E-state index contributed by atoms with van der Waals surface area (Å²) < 4.78 is 0. The Morgan fingerprint density at radius 1 is 1.17 bits per heavy atom. The quantitative estimate of drug-likeness (QED) is 0.556. The number of aromatic amines is 1. The fourth-order valence-electron chi connectivity index (χ4n) is 1.02. The van der Waals surface area contributed by atoms with Crippen molar-refractivity contribution in [1.29, 1.82) is 0 Å². The Morgan fingerprint density at radius 3 is 1.83 bits per heavy atom. The molecule has 0 radical (unpaired) electrons. The van der Waals surface area contributed by atoms with Gasteiger partial charge in [-0.1, -0.05) is 19.0 Å². The van der Waals surface area contributed by atoms with Gasteiger partial charge in [0.1, 0.15) is 0 Å². The number of aromatic nitrogens is 1. The van der Waals surface area contributed by atoms with Crippen molar-refractivity contribution in [3.63, 3.8) is 0 Å². The summed E-state index contributed by atoms with van der Waals surface area (Å²) in [5.74, 6) is 0. The van der Waals surface area contributed by atoms with Crippen molar-refractivity contribution < 1.29 is 31.9 Å². The van der Waals surface area contributed by atoms with Gasteiger partial charge in [-0.2, -0.15) is 17.7 Å². The Labute approximate surface area is 125 Å². The Bertz CT molecular complexity index is 304. The summed E-state index contributed by atoms with van der Waals surface area (Å²) in [6.45, 7) is 4.13. The maximum Gasteiger partial charge on any atom is 2.00 e. The van der Waals surface area contributed by atoms with Gasteiger partial charge < -0.3 is 15.2 Å². The van der Waals surface area contributed by atoms with Crippen LogP contribution in [0.25, 0.3) is 0 Å². The molecule has 2 aromatic rings. The maximum absolute atomic E-state index is 7.00. The number of aliphatic hydroxyl groups excluding tert-OH is 2. The number of H-pyrrole nitrogens is 1. The zero-order valence-electron chi connectivity index (χ0n) is 11.6. The molecule has 1 aromatic heterocycles. The zero-order valence-corrected chi connectivity index (χ0v) is 13.1. The number of aryl methyl sites for hydroxylation is 2. The van der Waals surface area contributed by atoms with Gasteiger partial charge in [-0.05, 0) is 6.92 Å². The molecule has 1 heterocycles. The van der Waals surface area contributed by atoms with Crippen LogP contribution in [0.3, 0.4) is 0 Å². The second-order valence-corrected chi connectivity index (χ2v) is 2.89. The monoisotopic (exact) mass is 285 g/mol. The third kappa shape index (κ3) is 13.3. The molecule has 1 aromatic carbocycles. The third-order valence-electron chi connectivity index (χ3n) is 1.82. The first kappa shape index (κ1) is 22.4. The van der Waals surface area contributed by atoms with Gasteiger partial charge in [0.2, 0.25) is 0 Å². The van der Waals surface area contributed by atoms with E-state index in [0.717, 1.165) is 26.3 Å². The molecular weight excluding hydrogens is 262 g/mol. The molecule has 100 valence electrons. The summed E-state index contributed by atoms with van der Waals surface area (Å²) in [5, 5.41) is 14.0. The van der Waals surface area contributed by atoms with E-state index >= 15 is 0 Å². The van der Waals surface area contributed by atoms with Gasteiger partial charge in [-0.15, -0.1) is 6.20 Å². The first-order valence-corrected chi connectivity index (χ1v) is 5.44. The Hall–Kier alpha value is -0.736. The molecule has 0 atom stereocenters. The van der Waals surface area contributed by atoms with Crippen molar-refractivity contribution in [1.82, 2.24) is 4.98 Å². The maximum atomic E-state index is 7.00. The van der Waals surface area contributed by atoms with Crippen molar-refractivity contribution in [2.45, 2.75) is 20.3 Å². The number of hydrogen-bond acceptors (Lipinski definition) is 2. The number of nitrogens with one attached hydrogen (secondary N) is 1. The van der Waals surface area contributed by atoms with E-state index in [2.05, 4.69) is 42.2 Å². The summed E-state index contributed by atoms with van der Waals surface area (Å²) in [6, 6.07) is 13.2. The van der Waals surface area contributed by atoms with Crippen LogP contribution in [0, 0.1) is 13.0 Å². The number of aliphatic hydroxyl groups is 2. The van der Waals surface area contributed by atoms with Crippen LogP contribution in [0.5, 0.6) is 0 Å². The summed E-state index contributed by atoms with van der Waals surface area (Å²) >= 11 is 0. The molecule has 0 bridgehead atoms. The van der Waals surface area contributed by atoms with E-state index in [1.54, 1.807) is 0 Å². The van der Waals surface area contributed by atoms with E-state index in [1.165, 1.54) is 5.56 Å². The van der Waals surface area contributed by atoms with Crippen LogP contribution in [-0.4, -0.2) is 29.4 Å². The molecule has 18 heavy (non-hydrogen) atoms. The SMILES string of the molecule is CC[c-]1cccc1.CO.CO.Cc1[c-]cc[nH]1.[Ti+2]. The molecule has 3 N–H and O–H groups in total. The van der Waals surface area contributed by atoms with Gasteiger partial charge in [0.15, 0.2) is 0 Å². The average molecular weight is 285 g/mol. The molecule has 0 saturated carbocycles. The molecule has 4 heteroatoms. The molecule has 0 amide bonds. The minimum Gasteiger partial charge on any atom is -0.459 e. The van der Waals surface area contributed by atoms with Crippen LogP contribution in [0.1, 0.15) is 18.2 Å². The van der Waals surface area contributed by atoms with Gasteiger partial charge in [0.25, 0.3) is 0 Å². The summed E-state index contributed by atoms with van der Waals surface area (Å²) in [4.78, 5) is 2.94. The standard InChI is InChI=1S/C7H9.C5H6N.2CH4O.Ti/c1-2-7-5-3-4-6-7;1-5-3-2-4-6-5;2*1-2;/h3-6H,2H2,1H3;2,4,6H,1H3;2*2H,1H3;/q2*-1;;;+2. The minimum absolute atomic E-state index is 0. The number of hydrogen-bond donors (Lipinski definition) is 3. The van der Waals surface area contributed by atoms with Crippen LogP contribution in [-0.2, 0) is 28.1 Å². The molecule has 0 aliphatic carbocycles. The summed E-state index contributed by atoms with van der Waals surface area (Å²) in [7, 11) is 2.00. The molecule has 0 aliphatic heterocycles. The second-order valence-electron chi connectivity index (χ2n) is 2.89. The first-order valence-electron chi connectivity index (χ1n) is 5.44. The fraction of sp³-hybridized carbons (Fsp3) is 0.357. The minimum atomic E-state index is 0.